The molecule has 316 valence electrons. The number of aliphatic hydroxyl groups is 1. The summed E-state index contributed by atoms with van der Waals surface area (Å²) in [5, 5.41) is 9.16. The Balaban J connectivity index is 0.000000900. The molecule has 1 N–H and O–H groups in total. The van der Waals surface area contributed by atoms with Crippen LogP contribution in [0.1, 0.15) is 81.3 Å². The SMILES string of the molecule is CC(C)(C)OC(=O)CBr.COc1cc(C)c(S(=O)(=O)N(C)CCO)c(C)c1C.COc1cc(C)c(S(=O)(=O)N(C)CCOCC(=O)CC(C)(C)C)c(C)c1C. The molecule has 16 heteroatoms. The summed E-state index contributed by atoms with van der Waals surface area (Å²) in [5.41, 5.74) is 3.82. The van der Waals surface area contributed by atoms with Gasteiger partial charge in [-0.2, -0.15) is 8.61 Å². The number of alkyl halides is 1. The van der Waals surface area contributed by atoms with Crippen molar-refractivity contribution in [3.63, 3.8) is 0 Å². The van der Waals surface area contributed by atoms with Crippen LogP contribution in [0.5, 0.6) is 11.5 Å². The zero-order valence-corrected chi connectivity index (χ0v) is 38.9. The third kappa shape index (κ3) is 16.4. The van der Waals surface area contributed by atoms with Crippen molar-refractivity contribution in [2.75, 3.05) is 66.6 Å². The molecule has 0 heterocycles. The summed E-state index contributed by atoms with van der Waals surface area (Å²) in [5.74, 6) is 1.15. The summed E-state index contributed by atoms with van der Waals surface area (Å²) < 4.78 is 74.2. The lowest BCUT2D eigenvalue weighted by atomic mass is 9.90. The van der Waals surface area contributed by atoms with Gasteiger partial charge in [0.15, 0.2) is 5.78 Å². The van der Waals surface area contributed by atoms with Gasteiger partial charge < -0.3 is 24.1 Å². The molecule has 13 nitrogen and oxygen atoms in total. The summed E-state index contributed by atoms with van der Waals surface area (Å²) in [7, 11) is -1.14. The molecule has 0 unspecified atom stereocenters. The number of rotatable bonds is 15. The Morgan fingerprint density at radius 3 is 1.44 bits per heavy atom. The molecule has 0 saturated carbocycles. The number of carbonyl (C=O) groups excluding carboxylic acids is 2. The molecule has 0 radical (unpaired) electrons. The van der Waals surface area contributed by atoms with Crippen molar-refractivity contribution in [1.82, 2.24) is 8.61 Å². The smallest absolute Gasteiger partial charge is 0.317 e. The van der Waals surface area contributed by atoms with Crippen molar-refractivity contribution in [2.24, 2.45) is 5.41 Å². The number of methoxy groups -OCH3 is 2. The van der Waals surface area contributed by atoms with Crippen LogP contribution in [-0.4, -0.2) is 114 Å². The van der Waals surface area contributed by atoms with Gasteiger partial charge in [0, 0.05) is 33.6 Å². The standard InChI is InChI=1S/C20H33NO5S.C13H21NO4S.C6H11BrO2/c1-14-11-18(25-8)15(2)16(3)19(14)27(23,24)21(7)9-10-26-13-17(22)12-20(4,5)6;1-9-8-12(18-5)10(2)11(3)13(9)19(16,17)14(4)6-7-15;1-6(2,3)9-5(8)4-7/h11H,9-10,12-13H2,1-8H3;8,15H,6-7H2,1-5H3;4H2,1-3H3. The van der Waals surface area contributed by atoms with Crippen molar-refractivity contribution in [2.45, 2.75) is 105 Å². The van der Waals surface area contributed by atoms with Gasteiger partial charge in [0.1, 0.15) is 29.0 Å². The monoisotopic (exact) mass is 880 g/mol. The number of benzene rings is 2. The molecule has 0 atom stereocenters. The normalized spacial score (nSPS) is 12.1. The maximum atomic E-state index is 13.0. The van der Waals surface area contributed by atoms with Crippen LogP contribution in [0.3, 0.4) is 0 Å². The molecule has 55 heavy (non-hydrogen) atoms. The van der Waals surface area contributed by atoms with Gasteiger partial charge in [0.25, 0.3) is 0 Å². The minimum absolute atomic E-state index is 0.00482. The maximum absolute atomic E-state index is 13.0. The molecule has 2 aromatic carbocycles. The van der Waals surface area contributed by atoms with E-state index in [0.717, 1.165) is 15.4 Å². The number of ether oxygens (including phenoxy) is 4. The second kappa shape index (κ2) is 22.4. The van der Waals surface area contributed by atoms with Gasteiger partial charge in [-0.3, -0.25) is 9.59 Å². The third-order valence-electron chi connectivity index (χ3n) is 8.22. The minimum atomic E-state index is -3.66. The molecule has 0 amide bonds. The molecule has 0 saturated heterocycles. The Hall–Kier alpha value is -2.60. The summed E-state index contributed by atoms with van der Waals surface area (Å²) in [6.45, 7) is 22.5. The van der Waals surface area contributed by atoms with Crippen LogP contribution in [0.4, 0.5) is 0 Å². The van der Waals surface area contributed by atoms with Crippen LogP contribution in [-0.2, 0) is 39.1 Å². The van der Waals surface area contributed by atoms with E-state index in [-0.39, 0.29) is 61.0 Å². The summed E-state index contributed by atoms with van der Waals surface area (Å²) in [6.07, 6.45) is 0.435. The van der Waals surface area contributed by atoms with E-state index in [1.807, 2.05) is 55.4 Å². The Morgan fingerprint density at radius 2 is 1.13 bits per heavy atom. The van der Waals surface area contributed by atoms with Crippen LogP contribution in [0.15, 0.2) is 21.9 Å². The molecule has 0 aliphatic carbocycles. The molecule has 0 spiro atoms. The van der Waals surface area contributed by atoms with Crippen molar-refractivity contribution >= 4 is 47.7 Å². The number of aliphatic hydroxyl groups excluding tert-OH is 1. The van der Waals surface area contributed by atoms with Crippen molar-refractivity contribution in [1.29, 1.82) is 0 Å². The number of carbonyl (C=O) groups is 2. The van der Waals surface area contributed by atoms with Gasteiger partial charge in [-0.1, -0.05) is 36.7 Å². The van der Waals surface area contributed by atoms with Crippen LogP contribution in [0, 0.1) is 47.0 Å². The fourth-order valence-electron chi connectivity index (χ4n) is 5.34. The Bertz CT molecular complexity index is 1820. The number of aryl methyl sites for hydroxylation is 2. The zero-order valence-electron chi connectivity index (χ0n) is 35.7. The number of ketones is 1. The number of likely N-dealkylation sites (N-methyl/N-ethyl adjacent to an activating group) is 2. The number of sulfonamides is 2. The summed E-state index contributed by atoms with van der Waals surface area (Å²) in [4.78, 5) is 23.0. The van der Waals surface area contributed by atoms with Gasteiger partial charge in [-0.15, -0.1) is 0 Å². The van der Waals surface area contributed by atoms with E-state index >= 15 is 0 Å². The molecule has 0 aliphatic heterocycles. The fourth-order valence-corrected chi connectivity index (χ4v) is 8.73. The Labute approximate surface area is 339 Å². The van der Waals surface area contributed by atoms with E-state index < -0.39 is 20.0 Å². The lowest BCUT2D eigenvalue weighted by molar-refractivity contribution is -0.151. The van der Waals surface area contributed by atoms with E-state index in [9.17, 15) is 26.4 Å². The first-order chi connectivity index (χ1) is 25.0. The van der Waals surface area contributed by atoms with Crippen molar-refractivity contribution in [3.8, 4) is 11.5 Å². The van der Waals surface area contributed by atoms with E-state index in [1.54, 1.807) is 54.0 Å². The average Bonchev–Trinajstić information content (AvgIpc) is 3.05. The zero-order chi connectivity index (χ0) is 43.3. The van der Waals surface area contributed by atoms with Crippen molar-refractivity contribution < 1.29 is 50.5 Å². The molecule has 0 aromatic heterocycles. The average molecular weight is 882 g/mol. The first-order valence-electron chi connectivity index (χ1n) is 17.7. The number of nitrogens with zero attached hydrogens (tertiary/aromatic N) is 2. The van der Waals surface area contributed by atoms with Gasteiger partial charge in [-0.05, 0) is 113 Å². The predicted molar refractivity (Wildman–Crippen MR) is 221 cm³/mol. The lowest BCUT2D eigenvalue weighted by Crippen LogP contribution is -2.32. The molecular formula is C39H65BrN2O11S2. The highest BCUT2D eigenvalue weighted by molar-refractivity contribution is 9.09. The van der Waals surface area contributed by atoms with E-state index in [1.165, 1.54) is 18.4 Å². The molecule has 2 rings (SSSR count). The second-order valence-electron chi connectivity index (χ2n) is 15.4. The Morgan fingerprint density at radius 1 is 0.727 bits per heavy atom. The molecule has 0 aliphatic rings. The number of hydrogen-bond donors (Lipinski definition) is 1. The number of Topliss-reactive ketones (excluding diaryl/α,β-unsaturated/α-hetero) is 1. The van der Waals surface area contributed by atoms with Gasteiger partial charge in [0.2, 0.25) is 20.0 Å². The van der Waals surface area contributed by atoms with Crippen LogP contribution >= 0.6 is 15.9 Å². The number of halogens is 1. The second-order valence-corrected chi connectivity index (χ2v) is 19.9. The van der Waals surface area contributed by atoms with Crippen LogP contribution in [0.25, 0.3) is 0 Å². The van der Waals surface area contributed by atoms with Crippen molar-refractivity contribution in [3.05, 3.63) is 45.5 Å². The topological polar surface area (TPSA) is 166 Å². The minimum Gasteiger partial charge on any atom is -0.496 e. The lowest BCUT2D eigenvalue weighted by Gasteiger charge is -2.22. The third-order valence-corrected chi connectivity index (χ3v) is 13.0. The molecular weight excluding hydrogens is 816 g/mol. The van der Waals surface area contributed by atoms with Crippen LogP contribution < -0.4 is 9.47 Å². The van der Waals surface area contributed by atoms with Crippen LogP contribution in [0.2, 0.25) is 0 Å². The van der Waals surface area contributed by atoms with E-state index in [2.05, 4.69) is 15.9 Å². The highest BCUT2D eigenvalue weighted by atomic mass is 79.9. The molecule has 0 fully saturated rings. The summed E-state index contributed by atoms with van der Waals surface area (Å²) in [6, 6.07) is 3.47. The first-order valence-corrected chi connectivity index (χ1v) is 21.7. The molecule has 2 aromatic rings. The van der Waals surface area contributed by atoms with Gasteiger partial charge in [-0.25, -0.2) is 16.8 Å². The highest BCUT2D eigenvalue weighted by Gasteiger charge is 2.28. The first kappa shape index (κ1) is 52.4. The predicted octanol–water partition coefficient (Wildman–Crippen LogP) is 6.22. The number of hydrogen-bond acceptors (Lipinski definition) is 11. The maximum Gasteiger partial charge on any atom is 0.317 e. The van der Waals surface area contributed by atoms with E-state index in [4.69, 9.17) is 24.1 Å². The van der Waals surface area contributed by atoms with Gasteiger partial charge in [0.05, 0.1) is 37.2 Å². The molecule has 0 bridgehead atoms. The summed E-state index contributed by atoms with van der Waals surface area (Å²) >= 11 is 2.99. The Kier molecular flexibility index (Phi) is 21.3. The van der Waals surface area contributed by atoms with E-state index in [0.29, 0.717) is 50.0 Å². The van der Waals surface area contributed by atoms with Gasteiger partial charge >= 0.3 is 5.97 Å². The largest absolute Gasteiger partial charge is 0.496 e. The highest BCUT2D eigenvalue weighted by Crippen LogP contribution is 2.33. The fraction of sp³-hybridized carbons (Fsp3) is 0.641. The number of esters is 1. The quantitative estimate of drug-likeness (QED) is 0.123.